The van der Waals surface area contributed by atoms with E-state index in [1.54, 1.807) is 0 Å². The van der Waals surface area contributed by atoms with E-state index < -0.39 is 0 Å². The highest BCUT2D eigenvalue weighted by molar-refractivity contribution is 5.77. The minimum Gasteiger partial charge on any atom is -0.492 e. The number of nitrogens with one attached hydrogen (secondary N) is 1. The Kier molecular flexibility index (Phi) is 3.15. The van der Waals surface area contributed by atoms with Gasteiger partial charge in [-0.25, -0.2) is 0 Å². The van der Waals surface area contributed by atoms with Crippen LogP contribution in [0, 0.1) is 18.8 Å². The van der Waals surface area contributed by atoms with Crippen LogP contribution in [0.3, 0.4) is 0 Å². The van der Waals surface area contributed by atoms with Gasteiger partial charge in [-0.3, -0.25) is 9.78 Å². The number of primary amides is 1. The molecule has 0 aromatic carbocycles. The van der Waals surface area contributed by atoms with E-state index in [-0.39, 0.29) is 17.4 Å². The molecule has 0 bridgehead atoms. The van der Waals surface area contributed by atoms with Gasteiger partial charge in [0.15, 0.2) is 0 Å². The predicted octanol–water partition coefficient (Wildman–Crippen LogP) is 1.50. The van der Waals surface area contributed by atoms with Gasteiger partial charge >= 0.3 is 0 Å². The fourth-order valence-electron chi connectivity index (χ4n) is 4.43. The molecular weight excluding hydrogens is 278 g/mol. The van der Waals surface area contributed by atoms with E-state index in [1.165, 1.54) is 0 Å². The van der Waals surface area contributed by atoms with Crippen molar-refractivity contribution in [1.82, 2.24) is 10.3 Å². The van der Waals surface area contributed by atoms with Gasteiger partial charge in [0, 0.05) is 23.1 Å². The quantitative estimate of drug-likeness (QED) is 0.868. The minimum absolute atomic E-state index is 0.0241. The number of carbonyl (C=O) groups excluding carboxylic acids is 1. The molecule has 3 N–H and O–H groups in total. The lowest BCUT2D eigenvalue weighted by Crippen LogP contribution is -2.46. The Labute approximate surface area is 130 Å². The Hall–Kier alpha value is -1.62. The zero-order valence-electron chi connectivity index (χ0n) is 13.0. The second-order valence-corrected chi connectivity index (χ2v) is 7.07. The maximum Gasteiger partial charge on any atom is 0.220 e. The van der Waals surface area contributed by atoms with Crippen molar-refractivity contribution in [3.63, 3.8) is 0 Å². The molecule has 1 spiro atoms. The lowest BCUT2D eigenvalue weighted by molar-refractivity contribution is -0.123. The summed E-state index contributed by atoms with van der Waals surface area (Å²) in [6.07, 6.45) is 3.88. The van der Waals surface area contributed by atoms with E-state index in [1.807, 2.05) is 19.1 Å². The largest absolute Gasteiger partial charge is 0.492 e. The van der Waals surface area contributed by atoms with Crippen molar-refractivity contribution >= 4 is 5.91 Å². The number of fused-ring (bicyclic) bond motifs is 1. The predicted molar refractivity (Wildman–Crippen MR) is 82.6 cm³/mol. The van der Waals surface area contributed by atoms with Gasteiger partial charge in [0.05, 0.1) is 12.3 Å². The number of rotatable bonds is 2. The van der Waals surface area contributed by atoms with Crippen molar-refractivity contribution in [2.75, 3.05) is 13.2 Å². The summed E-state index contributed by atoms with van der Waals surface area (Å²) in [7, 11) is 0. The number of nitrogens with zero attached hydrogens (tertiary/aromatic N) is 1. The second kappa shape index (κ2) is 4.95. The molecule has 4 atom stereocenters. The average Bonchev–Trinajstić information content (AvgIpc) is 3.19. The highest BCUT2D eigenvalue weighted by atomic mass is 16.5. The smallest absolute Gasteiger partial charge is 0.220 e. The molecule has 3 unspecified atom stereocenters. The number of carbonyl (C=O) groups is 1. The third-order valence-electron chi connectivity index (χ3n) is 5.67. The Morgan fingerprint density at radius 1 is 1.41 bits per heavy atom. The molecule has 1 aromatic rings. The van der Waals surface area contributed by atoms with Crippen LogP contribution < -0.4 is 15.8 Å². The molecule has 1 aliphatic carbocycles. The van der Waals surface area contributed by atoms with Crippen LogP contribution in [0.4, 0.5) is 0 Å². The monoisotopic (exact) mass is 301 g/mol. The van der Waals surface area contributed by atoms with Crippen molar-refractivity contribution < 1.29 is 9.53 Å². The van der Waals surface area contributed by atoms with E-state index >= 15 is 0 Å². The van der Waals surface area contributed by atoms with Gasteiger partial charge in [0.25, 0.3) is 0 Å². The molecule has 3 heterocycles. The molecule has 2 aliphatic heterocycles. The Bertz CT molecular complexity index is 618. The summed E-state index contributed by atoms with van der Waals surface area (Å²) in [4.78, 5) is 16.3. The van der Waals surface area contributed by atoms with Crippen LogP contribution in [0.1, 0.15) is 43.0 Å². The first-order chi connectivity index (χ1) is 10.6. The fraction of sp³-hybridized carbons (Fsp3) is 0.647. The molecular formula is C17H23N3O2. The summed E-state index contributed by atoms with van der Waals surface area (Å²) in [5.74, 6) is 1.80. The normalized spacial score (nSPS) is 36.5. The number of pyridine rings is 1. The number of aromatic nitrogens is 1. The third-order valence-corrected chi connectivity index (χ3v) is 5.67. The molecule has 3 aliphatic rings. The van der Waals surface area contributed by atoms with E-state index in [9.17, 15) is 4.79 Å². The molecule has 4 rings (SSSR count). The van der Waals surface area contributed by atoms with Gasteiger partial charge in [-0.2, -0.15) is 0 Å². The van der Waals surface area contributed by atoms with Gasteiger partial charge in [-0.15, -0.1) is 0 Å². The van der Waals surface area contributed by atoms with Crippen molar-refractivity contribution in [3.8, 4) is 5.75 Å². The minimum atomic E-state index is -0.145. The van der Waals surface area contributed by atoms with E-state index in [2.05, 4.69) is 5.32 Å². The summed E-state index contributed by atoms with van der Waals surface area (Å²) < 4.78 is 5.76. The van der Waals surface area contributed by atoms with Crippen LogP contribution in [-0.2, 0) is 4.79 Å². The summed E-state index contributed by atoms with van der Waals surface area (Å²) >= 11 is 0. The van der Waals surface area contributed by atoms with E-state index in [4.69, 9.17) is 15.5 Å². The summed E-state index contributed by atoms with van der Waals surface area (Å²) in [5, 5.41) is 3.67. The highest BCUT2D eigenvalue weighted by Gasteiger charge is 2.60. The van der Waals surface area contributed by atoms with Crippen LogP contribution in [0.2, 0.25) is 0 Å². The maximum atomic E-state index is 11.6. The lowest BCUT2D eigenvalue weighted by atomic mass is 9.84. The molecule has 2 fully saturated rings. The maximum absolute atomic E-state index is 11.6. The number of hydrogen-bond donors (Lipinski definition) is 2. The molecule has 22 heavy (non-hydrogen) atoms. The number of nitrogens with two attached hydrogens (primary N) is 1. The Morgan fingerprint density at radius 2 is 2.27 bits per heavy atom. The van der Waals surface area contributed by atoms with Gasteiger partial charge in [-0.05, 0) is 57.2 Å². The van der Waals surface area contributed by atoms with Crippen LogP contribution in [0.5, 0.6) is 5.75 Å². The number of aryl methyl sites for hydroxylation is 1. The van der Waals surface area contributed by atoms with Gasteiger partial charge < -0.3 is 15.8 Å². The van der Waals surface area contributed by atoms with Crippen molar-refractivity contribution in [2.24, 2.45) is 17.6 Å². The van der Waals surface area contributed by atoms with Crippen molar-refractivity contribution in [1.29, 1.82) is 0 Å². The van der Waals surface area contributed by atoms with Gasteiger partial charge in [0.2, 0.25) is 5.91 Å². The standard InChI is InChI=1S/C17H23N3O2/c1-10-2-3-14-15(20-10)12(5-7-22-14)13-9-17(13)8-11(16(18)21)4-6-19-17/h2-3,11-13,19H,4-9H2,1H3,(H2,18,21)/t11?,12-,13?,17?/m0/s1. The zero-order chi connectivity index (χ0) is 15.3. The summed E-state index contributed by atoms with van der Waals surface area (Å²) in [6, 6.07) is 4.05. The molecule has 1 saturated heterocycles. The molecule has 0 radical (unpaired) electrons. The molecule has 1 saturated carbocycles. The first-order valence-electron chi connectivity index (χ1n) is 8.24. The van der Waals surface area contributed by atoms with Crippen LogP contribution in [0.25, 0.3) is 0 Å². The summed E-state index contributed by atoms with van der Waals surface area (Å²) in [6.45, 7) is 3.67. The van der Waals surface area contributed by atoms with Crippen molar-refractivity contribution in [2.45, 2.75) is 44.1 Å². The van der Waals surface area contributed by atoms with E-state index in [0.717, 1.165) is 56.0 Å². The van der Waals surface area contributed by atoms with E-state index in [0.29, 0.717) is 11.8 Å². The average molecular weight is 301 g/mol. The topological polar surface area (TPSA) is 77.2 Å². The first kappa shape index (κ1) is 14.0. The van der Waals surface area contributed by atoms with Crippen LogP contribution in [0.15, 0.2) is 12.1 Å². The van der Waals surface area contributed by atoms with Crippen molar-refractivity contribution in [3.05, 3.63) is 23.5 Å². The number of amides is 1. The molecule has 118 valence electrons. The van der Waals surface area contributed by atoms with Gasteiger partial charge in [0.1, 0.15) is 5.75 Å². The third kappa shape index (κ3) is 2.19. The molecule has 5 nitrogen and oxygen atoms in total. The summed E-state index contributed by atoms with van der Waals surface area (Å²) in [5.41, 5.74) is 7.78. The Morgan fingerprint density at radius 3 is 3.09 bits per heavy atom. The molecule has 1 aromatic heterocycles. The zero-order valence-corrected chi connectivity index (χ0v) is 13.0. The molecule has 5 heteroatoms. The lowest BCUT2D eigenvalue weighted by Gasteiger charge is -2.33. The highest BCUT2D eigenvalue weighted by Crippen LogP contribution is 2.58. The molecule has 1 amide bonds. The van der Waals surface area contributed by atoms with Gasteiger partial charge in [-0.1, -0.05) is 0 Å². The SMILES string of the molecule is Cc1ccc2c(n1)[C@H](C1CC13CC(C(N)=O)CCN3)CCO2. The number of hydrogen-bond acceptors (Lipinski definition) is 4. The Balaban J connectivity index is 1.58. The first-order valence-corrected chi connectivity index (χ1v) is 8.24. The van der Waals surface area contributed by atoms with Crippen LogP contribution in [-0.4, -0.2) is 29.6 Å². The number of ether oxygens (including phenoxy) is 1. The van der Waals surface area contributed by atoms with Crippen LogP contribution >= 0.6 is 0 Å². The fourth-order valence-corrected chi connectivity index (χ4v) is 4.43. The number of piperidine rings is 1. The second-order valence-electron chi connectivity index (χ2n) is 7.07.